The molecular formula is C21H18N4O3. The third-order valence-electron chi connectivity index (χ3n) is 4.41. The molecule has 0 saturated heterocycles. The second-order valence-corrected chi connectivity index (χ2v) is 6.38. The number of benzene rings is 2. The summed E-state index contributed by atoms with van der Waals surface area (Å²) in [6.45, 7) is 1.85. The number of rotatable bonds is 4. The Morgan fingerprint density at radius 3 is 2.61 bits per heavy atom. The van der Waals surface area contributed by atoms with Gasteiger partial charge in [0, 0.05) is 11.5 Å². The molecule has 0 aliphatic carbocycles. The van der Waals surface area contributed by atoms with Gasteiger partial charge in [0.05, 0.1) is 24.4 Å². The van der Waals surface area contributed by atoms with E-state index in [4.69, 9.17) is 4.74 Å². The first-order chi connectivity index (χ1) is 13.6. The number of nitrogens with one attached hydrogen (secondary N) is 2. The highest BCUT2D eigenvalue weighted by Gasteiger charge is 2.13. The predicted molar refractivity (Wildman–Crippen MR) is 111 cm³/mol. The molecular weight excluding hydrogens is 356 g/mol. The first-order valence-electron chi connectivity index (χ1n) is 8.69. The minimum Gasteiger partial charge on any atom is -0.497 e. The topological polar surface area (TPSA) is 92.2 Å². The highest BCUT2D eigenvalue weighted by Crippen LogP contribution is 2.24. The summed E-state index contributed by atoms with van der Waals surface area (Å²) in [4.78, 5) is 31.0. The van der Waals surface area contributed by atoms with Crippen molar-refractivity contribution in [1.29, 1.82) is 0 Å². The van der Waals surface area contributed by atoms with Gasteiger partial charge >= 0.3 is 11.2 Å². The summed E-state index contributed by atoms with van der Waals surface area (Å²) in [7, 11) is 1.57. The average Bonchev–Trinajstić information content (AvgIpc) is 3.06. The van der Waals surface area contributed by atoms with Gasteiger partial charge in [-0.25, -0.2) is 4.79 Å². The molecule has 0 aliphatic heterocycles. The van der Waals surface area contributed by atoms with Gasteiger partial charge in [-0.2, -0.15) is 5.10 Å². The highest BCUT2D eigenvalue weighted by atomic mass is 16.5. The lowest BCUT2D eigenvalue weighted by Crippen LogP contribution is -2.32. The number of H-pyrrole nitrogens is 2. The lowest BCUT2D eigenvalue weighted by Gasteiger charge is -1.99. The van der Waals surface area contributed by atoms with Crippen molar-refractivity contribution in [3.63, 3.8) is 0 Å². The van der Waals surface area contributed by atoms with Crippen molar-refractivity contribution in [3.05, 3.63) is 80.5 Å². The summed E-state index contributed by atoms with van der Waals surface area (Å²) in [5.74, 6) is 0.654. The van der Waals surface area contributed by atoms with E-state index < -0.39 is 11.2 Å². The normalized spacial score (nSPS) is 12.3. The summed E-state index contributed by atoms with van der Waals surface area (Å²) >= 11 is 0. The Hall–Kier alpha value is -3.87. The maximum Gasteiger partial charge on any atom is 0.350 e. The summed E-state index contributed by atoms with van der Waals surface area (Å²) in [6, 6.07) is 15.1. The van der Waals surface area contributed by atoms with Crippen LogP contribution < -0.4 is 16.0 Å². The molecule has 0 saturated carbocycles. The monoisotopic (exact) mass is 374 g/mol. The minimum atomic E-state index is -0.599. The Labute approximate surface area is 159 Å². The summed E-state index contributed by atoms with van der Waals surface area (Å²) in [5, 5.41) is 4.82. The Balaban J connectivity index is 1.79. The van der Waals surface area contributed by atoms with E-state index in [1.165, 1.54) is 6.21 Å². The molecule has 0 spiro atoms. The molecule has 2 aromatic heterocycles. The molecule has 0 atom stereocenters. The smallest absolute Gasteiger partial charge is 0.350 e. The van der Waals surface area contributed by atoms with Gasteiger partial charge in [-0.3, -0.25) is 4.79 Å². The van der Waals surface area contributed by atoms with E-state index in [-0.39, 0.29) is 5.52 Å². The minimum absolute atomic E-state index is 0.282. The van der Waals surface area contributed by atoms with Crippen LogP contribution in [0.15, 0.2) is 68.8 Å². The van der Waals surface area contributed by atoms with E-state index in [1.807, 2.05) is 43.3 Å². The van der Waals surface area contributed by atoms with Crippen molar-refractivity contribution >= 4 is 34.2 Å². The summed E-state index contributed by atoms with van der Waals surface area (Å²) in [6.07, 6.45) is 3.40. The number of nitrogens with zero attached hydrogens (tertiary/aromatic N) is 2. The van der Waals surface area contributed by atoms with Crippen LogP contribution in [0.4, 0.5) is 0 Å². The zero-order valence-electron chi connectivity index (χ0n) is 15.4. The van der Waals surface area contributed by atoms with Crippen LogP contribution in [0.25, 0.3) is 28.0 Å². The molecule has 4 aromatic rings. The van der Waals surface area contributed by atoms with E-state index >= 15 is 0 Å². The quantitative estimate of drug-likeness (QED) is 0.538. The van der Waals surface area contributed by atoms with Crippen LogP contribution >= 0.6 is 0 Å². The van der Waals surface area contributed by atoms with Crippen LogP contribution in [0.5, 0.6) is 5.75 Å². The van der Waals surface area contributed by atoms with Crippen molar-refractivity contribution < 1.29 is 4.74 Å². The largest absolute Gasteiger partial charge is 0.497 e. The van der Waals surface area contributed by atoms with Gasteiger partial charge in [-0.15, -0.1) is 4.68 Å². The zero-order valence-corrected chi connectivity index (χ0v) is 15.4. The van der Waals surface area contributed by atoms with E-state index in [9.17, 15) is 9.59 Å². The Morgan fingerprint density at radius 1 is 1.07 bits per heavy atom. The van der Waals surface area contributed by atoms with Gasteiger partial charge in [0.2, 0.25) is 0 Å². The number of aromatic nitrogens is 3. The molecule has 2 aromatic carbocycles. The molecule has 0 unspecified atom stereocenters. The van der Waals surface area contributed by atoms with Gasteiger partial charge in [-0.05, 0) is 30.2 Å². The Kier molecular flexibility index (Phi) is 4.41. The predicted octanol–water partition coefficient (Wildman–Crippen LogP) is 3.12. The number of hydrogen-bond acceptors (Lipinski definition) is 4. The standard InChI is InChI=1S/C21H18N4O3/c1-13(10-14-6-4-3-5-7-14)12-22-25-20(26)19-18(24-21(25)27)16-9-8-15(28-2)11-17(16)23-19/h3-12,23H,1-2H3,(H,24,27). The maximum atomic E-state index is 12.8. The van der Waals surface area contributed by atoms with E-state index in [0.29, 0.717) is 16.8 Å². The number of methoxy groups -OCH3 is 1. The number of allylic oxidation sites excluding steroid dienone is 1. The summed E-state index contributed by atoms with van der Waals surface area (Å²) in [5.41, 5.74) is 2.13. The SMILES string of the molecule is COc1ccc2c(c1)[nH]c1c(=O)n(N=CC(C)=Cc3ccccc3)c(=O)[nH]c12. The highest BCUT2D eigenvalue weighted by molar-refractivity contribution is 6.04. The number of aromatic amines is 2. The fraction of sp³-hybridized carbons (Fsp3) is 0.0952. The lowest BCUT2D eigenvalue weighted by molar-refractivity contribution is 0.415. The van der Waals surface area contributed by atoms with Crippen LogP contribution in [0.2, 0.25) is 0 Å². The fourth-order valence-electron chi connectivity index (χ4n) is 3.05. The van der Waals surface area contributed by atoms with Crippen molar-refractivity contribution in [2.75, 3.05) is 7.11 Å². The first kappa shape index (κ1) is 17.5. The van der Waals surface area contributed by atoms with Crippen molar-refractivity contribution in [1.82, 2.24) is 14.6 Å². The van der Waals surface area contributed by atoms with Gasteiger partial charge in [0.15, 0.2) is 0 Å². The zero-order chi connectivity index (χ0) is 19.7. The second-order valence-electron chi connectivity index (χ2n) is 6.38. The first-order valence-corrected chi connectivity index (χ1v) is 8.69. The van der Waals surface area contributed by atoms with Gasteiger partial charge < -0.3 is 14.7 Å². The average molecular weight is 374 g/mol. The van der Waals surface area contributed by atoms with Crippen molar-refractivity contribution in [2.45, 2.75) is 6.92 Å². The lowest BCUT2D eigenvalue weighted by atomic mass is 10.1. The van der Waals surface area contributed by atoms with Crippen molar-refractivity contribution in [2.24, 2.45) is 5.10 Å². The van der Waals surface area contributed by atoms with Crippen LogP contribution in [0, 0.1) is 0 Å². The van der Waals surface area contributed by atoms with E-state index in [1.54, 1.807) is 25.3 Å². The third kappa shape index (κ3) is 3.14. The number of hydrogen-bond donors (Lipinski definition) is 2. The molecule has 28 heavy (non-hydrogen) atoms. The summed E-state index contributed by atoms with van der Waals surface area (Å²) < 4.78 is 6.02. The number of fused-ring (bicyclic) bond motifs is 3. The van der Waals surface area contributed by atoms with Gasteiger partial charge in [0.25, 0.3) is 0 Å². The molecule has 0 bridgehead atoms. The molecule has 0 aliphatic rings. The van der Waals surface area contributed by atoms with Gasteiger partial charge in [-0.1, -0.05) is 36.4 Å². The fourth-order valence-corrected chi connectivity index (χ4v) is 3.05. The molecule has 0 fully saturated rings. The van der Waals surface area contributed by atoms with Crippen LogP contribution in [0.1, 0.15) is 12.5 Å². The molecule has 4 rings (SSSR count). The van der Waals surface area contributed by atoms with E-state index in [0.717, 1.165) is 21.2 Å². The molecule has 7 nitrogen and oxygen atoms in total. The second kappa shape index (κ2) is 7.03. The van der Waals surface area contributed by atoms with Crippen molar-refractivity contribution in [3.8, 4) is 5.75 Å². The van der Waals surface area contributed by atoms with Gasteiger partial charge in [0.1, 0.15) is 11.3 Å². The van der Waals surface area contributed by atoms with Crippen LogP contribution in [0.3, 0.4) is 0 Å². The molecule has 2 N–H and O–H groups in total. The molecule has 140 valence electrons. The van der Waals surface area contributed by atoms with Crippen LogP contribution in [-0.4, -0.2) is 28.0 Å². The maximum absolute atomic E-state index is 12.8. The van der Waals surface area contributed by atoms with Crippen LogP contribution in [-0.2, 0) is 0 Å². The van der Waals surface area contributed by atoms with E-state index in [2.05, 4.69) is 15.1 Å². The molecule has 7 heteroatoms. The molecule has 0 radical (unpaired) electrons. The Morgan fingerprint density at radius 2 is 1.86 bits per heavy atom. The third-order valence-corrected chi connectivity index (χ3v) is 4.41. The Bertz CT molecular complexity index is 1340. The molecule has 0 amide bonds. The molecule has 2 heterocycles. The number of ether oxygens (including phenoxy) is 1.